The SMILES string of the molecule is CCCC(C#N)(CCC)C(=O)NC1CCCCCC1C. The third-order valence-corrected chi connectivity index (χ3v) is 4.68. The third kappa shape index (κ3) is 4.23. The highest BCUT2D eigenvalue weighted by molar-refractivity contribution is 5.85. The molecule has 1 aliphatic carbocycles. The maximum Gasteiger partial charge on any atom is 0.240 e. The van der Waals surface area contributed by atoms with E-state index in [0.717, 1.165) is 19.3 Å². The van der Waals surface area contributed by atoms with Crippen LogP contribution in [0.3, 0.4) is 0 Å². The van der Waals surface area contributed by atoms with Gasteiger partial charge in [-0.25, -0.2) is 0 Å². The van der Waals surface area contributed by atoms with Gasteiger partial charge in [0.25, 0.3) is 0 Å². The molecule has 114 valence electrons. The normalized spacial score (nSPS) is 23.7. The largest absolute Gasteiger partial charge is 0.352 e. The van der Waals surface area contributed by atoms with Gasteiger partial charge in [-0.1, -0.05) is 52.9 Å². The number of hydrogen-bond donors (Lipinski definition) is 1. The lowest BCUT2D eigenvalue weighted by Crippen LogP contribution is -2.47. The number of hydrogen-bond acceptors (Lipinski definition) is 2. The predicted molar refractivity (Wildman–Crippen MR) is 82.0 cm³/mol. The fourth-order valence-electron chi connectivity index (χ4n) is 3.38. The number of nitriles is 1. The summed E-state index contributed by atoms with van der Waals surface area (Å²) >= 11 is 0. The zero-order chi connectivity index (χ0) is 15.0. The quantitative estimate of drug-likeness (QED) is 0.741. The molecule has 2 atom stereocenters. The van der Waals surface area contributed by atoms with Crippen molar-refractivity contribution < 1.29 is 4.79 Å². The van der Waals surface area contributed by atoms with Crippen LogP contribution in [0.4, 0.5) is 0 Å². The van der Waals surface area contributed by atoms with Crippen molar-refractivity contribution in [1.82, 2.24) is 5.32 Å². The van der Waals surface area contributed by atoms with Crippen molar-refractivity contribution in [2.24, 2.45) is 11.3 Å². The number of carbonyl (C=O) groups is 1. The highest BCUT2D eigenvalue weighted by Gasteiger charge is 2.38. The van der Waals surface area contributed by atoms with Crippen molar-refractivity contribution in [3.05, 3.63) is 0 Å². The first kappa shape index (κ1) is 17.0. The molecular formula is C17H30N2O. The highest BCUT2D eigenvalue weighted by Crippen LogP contribution is 2.31. The van der Waals surface area contributed by atoms with Crippen LogP contribution in [0.1, 0.15) is 78.6 Å². The van der Waals surface area contributed by atoms with Gasteiger partial charge in [0.05, 0.1) is 6.07 Å². The molecule has 1 aliphatic rings. The summed E-state index contributed by atoms with van der Waals surface area (Å²) in [4.78, 5) is 12.7. The standard InChI is InChI=1S/C17H30N2O/c1-4-11-17(13-18,12-5-2)16(20)19-15-10-8-6-7-9-14(15)3/h14-15H,4-12H2,1-3H3,(H,19,20). The topological polar surface area (TPSA) is 52.9 Å². The molecular weight excluding hydrogens is 248 g/mol. The Kier molecular flexibility index (Phi) is 7.05. The molecule has 0 aliphatic heterocycles. The van der Waals surface area contributed by atoms with Crippen LogP contribution in [0, 0.1) is 22.7 Å². The molecule has 3 nitrogen and oxygen atoms in total. The van der Waals surface area contributed by atoms with Crippen molar-refractivity contribution in [3.8, 4) is 6.07 Å². The summed E-state index contributed by atoms with van der Waals surface area (Å²) in [7, 11) is 0. The monoisotopic (exact) mass is 278 g/mol. The van der Waals surface area contributed by atoms with E-state index in [1.807, 2.05) is 13.8 Å². The van der Waals surface area contributed by atoms with Crippen LogP contribution in [-0.2, 0) is 4.79 Å². The van der Waals surface area contributed by atoms with Crippen LogP contribution in [0.5, 0.6) is 0 Å². The van der Waals surface area contributed by atoms with Crippen molar-refractivity contribution >= 4 is 5.91 Å². The van der Waals surface area contributed by atoms with Crippen LogP contribution >= 0.6 is 0 Å². The minimum atomic E-state index is -0.810. The molecule has 1 N–H and O–H groups in total. The molecule has 0 aromatic rings. The molecule has 1 rings (SSSR count). The summed E-state index contributed by atoms with van der Waals surface area (Å²) in [6.45, 7) is 6.32. The number of amides is 1. The fourth-order valence-corrected chi connectivity index (χ4v) is 3.38. The second-order valence-electron chi connectivity index (χ2n) is 6.39. The molecule has 2 unspecified atom stereocenters. The zero-order valence-electron chi connectivity index (χ0n) is 13.4. The van der Waals surface area contributed by atoms with Gasteiger partial charge in [-0.3, -0.25) is 4.79 Å². The summed E-state index contributed by atoms with van der Waals surface area (Å²) in [5.74, 6) is 0.503. The van der Waals surface area contributed by atoms with Crippen LogP contribution < -0.4 is 5.32 Å². The van der Waals surface area contributed by atoms with E-state index in [4.69, 9.17) is 0 Å². The van der Waals surface area contributed by atoms with E-state index in [0.29, 0.717) is 18.8 Å². The lowest BCUT2D eigenvalue weighted by Gasteiger charge is -2.30. The van der Waals surface area contributed by atoms with Crippen LogP contribution in [0.25, 0.3) is 0 Å². The maximum absolute atomic E-state index is 12.7. The summed E-state index contributed by atoms with van der Waals surface area (Å²) < 4.78 is 0. The number of nitrogens with zero attached hydrogens (tertiary/aromatic N) is 1. The first-order valence-corrected chi connectivity index (χ1v) is 8.31. The Hall–Kier alpha value is -1.04. The van der Waals surface area contributed by atoms with E-state index in [9.17, 15) is 10.1 Å². The first-order valence-electron chi connectivity index (χ1n) is 8.31. The minimum Gasteiger partial charge on any atom is -0.352 e. The summed E-state index contributed by atoms with van der Waals surface area (Å²) in [6, 6.07) is 2.58. The highest BCUT2D eigenvalue weighted by atomic mass is 16.2. The molecule has 1 amide bonds. The molecule has 20 heavy (non-hydrogen) atoms. The number of nitrogens with one attached hydrogen (secondary N) is 1. The van der Waals surface area contributed by atoms with Gasteiger partial charge in [0.1, 0.15) is 5.41 Å². The zero-order valence-corrected chi connectivity index (χ0v) is 13.4. The van der Waals surface area contributed by atoms with Gasteiger partial charge in [0.15, 0.2) is 0 Å². The van der Waals surface area contributed by atoms with Crippen LogP contribution in [0.15, 0.2) is 0 Å². The number of carbonyl (C=O) groups excluding carboxylic acids is 1. The lowest BCUT2D eigenvalue weighted by molar-refractivity contribution is -0.130. The van der Waals surface area contributed by atoms with E-state index >= 15 is 0 Å². The third-order valence-electron chi connectivity index (χ3n) is 4.68. The van der Waals surface area contributed by atoms with Crippen molar-refractivity contribution in [2.75, 3.05) is 0 Å². The predicted octanol–water partition coefficient (Wildman–Crippen LogP) is 4.18. The van der Waals surface area contributed by atoms with E-state index in [1.165, 1.54) is 25.7 Å². The summed E-state index contributed by atoms with van der Waals surface area (Å²) in [5.41, 5.74) is -0.810. The summed E-state index contributed by atoms with van der Waals surface area (Å²) in [5, 5.41) is 12.8. The van der Waals surface area contributed by atoms with Gasteiger partial charge in [-0.05, 0) is 31.6 Å². The Morgan fingerprint density at radius 2 is 1.80 bits per heavy atom. The van der Waals surface area contributed by atoms with Gasteiger partial charge in [-0.15, -0.1) is 0 Å². The Balaban J connectivity index is 2.76. The van der Waals surface area contributed by atoms with E-state index in [2.05, 4.69) is 18.3 Å². The molecule has 1 saturated carbocycles. The van der Waals surface area contributed by atoms with Crippen molar-refractivity contribution in [3.63, 3.8) is 0 Å². The lowest BCUT2D eigenvalue weighted by atomic mass is 9.79. The maximum atomic E-state index is 12.7. The van der Waals surface area contributed by atoms with Gasteiger partial charge in [0, 0.05) is 6.04 Å². The summed E-state index contributed by atoms with van der Waals surface area (Å²) in [6.07, 6.45) is 9.07. The second kappa shape index (κ2) is 8.29. The minimum absolute atomic E-state index is 0.0255. The molecule has 0 heterocycles. The van der Waals surface area contributed by atoms with E-state index in [1.54, 1.807) is 0 Å². The molecule has 0 saturated heterocycles. The van der Waals surface area contributed by atoms with Gasteiger partial charge in [0.2, 0.25) is 5.91 Å². The van der Waals surface area contributed by atoms with Crippen LogP contribution in [0.2, 0.25) is 0 Å². The molecule has 1 fully saturated rings. The smallest absolute Gasteiger partial charge is 0.240 e. The Bertz CT molecular complexity index is 339. The molecule has 0 radical (unpaired) electrons. The molecule has 0 aromatic carbocycles. The van der Waals surface area contributed by atoms with Gasteiger partial charge < -0.3 is 5.32 Å². The Morgan fingerprint density at radius 3 is 2.35 bits per heavy atom. The molecule has 0 bridgehead atoms. The van der Waals surface area contributed by atoms with E-state index < -0.39 is 5.41 Å². The Labute approximate surface area is 124 Å². The molecule has 3 heteroatoms. The molecule has 0 spiro atoms. The number of rotatable bonds is 6. The average molecular weight is 278 g/mol. The average Bonchev–Trinajstić information content (AvgIpc) is 2.63. The van der Waals surface area contributed by atoms with Crippen LogP contribution in [-0.4, -0.2) is 11.9 Å². The Morgan fingerprint density at radius 1 is 1.20 bits per heavy atom. The van der Waals surface area contributed by atoms with Gasteiger partial charge >= 0.3 is 0 Å². The van der Waals surface area contributed by atoms with Gasteiger partial charge in [-0.2, -0.15) is 5.26 Å². The molecule has 0 aromatic heterocycles. The van der Waals surface area contributed by atoms with Crippen molar-refractivity contribution in [2.45, 2.75) is 84.6 Å². The van der Waals surface area contributed by atoms with Crippen molar-refractivity contribution in [1.29, 1.82) is 5.26 Å². The first-order chi connectivity index (χ1) is 9.59. The fraction of sp³-hybridized carbons (Fsp3) is 0.882. The second-order valence-corrected chi connectivity index (χ2v) is 6.39. The van der Waals surface area contributed by atoms with E-state index in [-0.39, 0.29) is 11.9 Å².